The first-order chi connectivity index (χ1) is 9.29. The van der Waals surface area contributed by atoms with Crippen molar-refractivity contribution in [3.63, 3.8) is 0 Å². The Balaban J connectivity index is 2.04. The number of nitrogens with two attached hydrogens (primary N) is 1. The smallest absolute Gasteiger partial charge is 0.222 e. The maximum absolute atomic E-state index is 12.2. The molecule has 0 spiro atoms. The van der Waals surface area contributed by atoms with Crippen molar-refractivity contribution in [3.8, 4) is 0 Å². The molecule has 3 nitrogen and oxygen atoms in total. The molecule has 1 saturated carbocycles. The lowest BCUT2D eigenvalue weighted by molar-refractivity contribution is -0.131. The van der Waals surface area contributed by atoms with Crippen LogP contribution >= 0.6 is 0 Å². The summed E-state index contributed by atoms with van der Waals surface area (Å²) in [6.07, 6.45) is 13.0. The number of amides is 1. The normalized spacial score (nSPS) is 14.6. The molecule has 1 aliphatic carbocycles. The van der Waals surface area contributed by atoms with E-state index in [-0.39, 0.29) is 0 Å². The van der Waals surface area contributed by atoms with Crippen molar-refractivity contribution in [2.45, 2.75) is 83.6 Å². The van der Waals surface area contributed by atoms with Crippen molar-refractivity contribution in [2.75, 3.05) is 13.1 Å². The number of nitrogens with zero attached hydrogens (tertiary/aromatic N) is 1. The van der Waals surface area contributed by atoms with Crippen LogP contribution in [0.25, 0.3) is 0 Å². The monoisotopic (exact) mass is 268 g/mol. The van der Waals surface area contributed by atoms with E-state index < -0.39 is 0 Å². The number of carbonyl (C=O) groups is 1. The van der Waals surface area contributed by atoms with Crippen LogP contribution in [0.4, 0.5) is 0 Å². The van der Waals surface area contributed by atoms with Crippen molar-refractivity contribution in [3.05, 3.63) is 0 Å². The molecule has 1 fully saturated rings. The zero-order valence-corrected chi connectivity index (χ0v) is 12.7. The molecule has 0 aromatic carbocycles. The van der Waals surface area contributed by atoms with Crippen LogP contribution in [-0.2, 0) is 4.79 Å². The molecule has 19 heavy (non-hydrogen) atoms. The summed E-state index contributed by atoms with van der Waals surface area (Å²) in [5, 5.41) is 0. The van der Waals surface area contributed by atoms with E-state index in [9.17, 15) is 4.79 Å². The molecule has 0 aromatic rings. The fourth-order valence-corrected chi connectivity index (χ4v) is 2.54. The second-order valence-electron chi connectivity index (χ2n) is 5.83. The topological polar surface area (TPSA) is 46.3 Å². The summed E-state index contributed by atoms with van der Waals surface area (Å²) in [4.78, 5) is 14.2. The Hall–Kier alpha value is -0.570. The van der Waals surface area contributed by atoms with E-state index in [2.05, 4.69) is 11.8 Å². The molecule has 2 N–H and O–H groups in total. The van der Waals surface area contributed by atoms with E-state index in [0.29, 0.717) is 18.5 Å². The van der Waals surface area contributed by atoms with Gasteiger partial charge in [-0.1, -0.05) is 45.4 Å². The summed E-state index contributed by atoms with van der Waals surface area (Å²) < 4.78 is 0. The summed E-state index contributed by atoms with van der Waals surface area (Å²) in [5.41, 5.74) is 5.54. The van der Waals surface area contributed by atoms with Gasteiger partial charge in [0, 0.05) is 19.0 Å². The molecular weight excluding hydrogens is 236 g/mol. The van der Waals surface area contributed by atoms with Gasteiger partial charge in [-0.05, 0) is 32.2 Å². The van der Waals surface area contributed by atoms with Crippen LogP contribution < -0.4 is 5.73 Å². The van der Waals surface area contributed by atoms with Crippen LogP contribution in [0.1, 0.15) is 77.6 Å². The van der Waals surface area contributed by atoms with Crippen molar-refractivity contribution in [1.29, 1.82) is 0 Å². The Bertz CT molecular complexity index is 239. The highest BCUT2D eigenvalue weighted by molar-refractivity contribution is 5.76. The van der Waals surface area contributed by atoms with Gasteiger partial charge < -0.3 is 10.6 Å². The first-order valence-corrected chi connectivity index (χ1v) is 8.29. The van der Waals surface area contributed by atoms with E-state index in [1.807, 2.05) is 0 Å². The van der Waals surface area contributed by atoms with E-state index in [1.165, 1.54) is 51.4 Å². The lowest BCUT2D eigenvalue weighted by Gasteiger charge is -2.22. The van der Waals surface area contributed by atoms with Gasteiger partial charge in [-0.3, -0.25) is 4.79 Å². The highest BCUT2D eigenvalue weighted by Gasteiger charge is 2.31. The Morgan fingerprint density at radius 2 is 1.68 bits per heavy atom. The second kappa shape index (κ2) is 10.2. The first kappa shape index (κ1) is 16.5. The highest BCUT2D eigenvalue weighted by Crippen LogP contribution is 2.27. The van der Waals surface area contributed by atoms with Gasteiger partial charge in [-0.25, -0.2) is 0 Å². The Morgan fingerprint density at radius 1 is 1.05 bits per heavy atom. The van der Waals surface area contributed by atoms with Crippen LogP contribution in [0.5, 0.6) is 0 Å². The van der Waals surface area contributed by atoms with Gasteiger partial charge in [0.15, 0.2) is 0 Å². The van der Waals surface area contributed by atoms with Gasteiger partial charge in [0.05, 0.1) is 0 Å². The first-order valence-electron chi connectivity index (χ1n) is 8.29. The van der Waals surface area contributed by atoms with Crippen LogP contribution in [0.3, 0.4) is 0 Å². The molecule has 0 saturated heterocycles. The number of unbranched alkanes of at least 4 members (excludes halogenated alkanes) is 6. The number of hydrogen-bond acceptors (Lipinski definition) is 2. The van der Waals surface area contributed by atoms with E-state index in [4.69, 9.17) is 5.73 Å². The maximum Gasteiger partial charge on any atom is 0.222 e. The molecule has 0 heterocycles. The standard InChI is InChI=1S/C16H32N2O/c1-2-3-4-5-6-7-8-10-16(19)18(14-9-13-17)15-11-12-15/h15H,2-14,17H2,1H3. The fourth-order valence-electron chi connectivity index (χ4n) is 2.54. The largest absolute Gasteiger partial charge is 0.340 e. The molecule has 0 aromatic heterocycles. The molecule has 0 aliphatic heterocycles. The van der Waals surface area contributed by atoms with Crippen LogP contribution in [0.15, 0.2) is 0 Å². The SMILES string of the molecule is CCCCCCCCCC(=O)N(CCCN)C1CC1. The third-order valence-electron chi connectivity index (χ3n) is 3.91. The van der Waals surface area contributed by atoms with Gasteiger partial charge in [-0.15, -0.1) is 0 Å². The van der Waals surface area contributed by atoms with Crippen molar-refractivity contribution in [1.82, 2.24) is 4.90 Å². The fraction of sp³-hybridized carbons (Fsp3) is 0.938. The van der Waals surface area contributed by atoms with Gasteiger partial charge in [-0.2, -0.15) is 0 Å². The second-order valence-corrected chi connectivity index (χ2v) is 5.83. The molecule has 1 amide bonds. The van der Waals surface area contributed by atoms with Gasteiger partial charge >= 0.3 is 0 Å². The summed E-state index contributed by atoms with van der Waals surface area (Å²) in [7, 11) is 0. The lowest BCUT2D eigenvalue weighted by Crippen LogP contribution is -2.34. The quantitative estimate of drug-likeness (QED) is 0.551. The molecule has 0 bridgehead atoms. The average Bonchev–Trinajstić information content (AvgIpc) is 3.23. The number of rotatable bonds is 12. The van der Waals surface area contributed by atoms with Crippen molar-refractivity contribution < 1.29 is 4.79 Å². The van der Waals surface area contributed by atoms with E-state index in [1.54, 1.807) is 0 Å². The van der Waals surface area contributed by atoms with Crippen molar-refractivity contribution >= 4 is 5.91 Å². The Morgan fingerprint density at radius 3 is 2.26 bits per heavy atom. The molecular formula is C16H32N2O. The Kier molecular flexibility index (Phi) is 8.89. The molecule has 3 heteroatoms. The zero-order valence-electron chi connectivity index (χ0n) is 12.7. The summed E-state index contributed by atoms with van der Waals surface area (Å²) in [6.45, 7) is 3.80. The predicted molar refractivity (Wildman–Crippen MR) is 81.0 cm³/mol. The van der Waals surface area contributed by atoms with Gasteiger partial charge in [0.25, 0.3) is 0 Å². The minimum atomic E-state index is 0.365. The minimum absolute atomic E-state index is 0.365. The number of carbonyl (C=O) groups excluding carboxylic acids is 1. The Labute approximate surface area is 118 Å². The van der Waals surface area contributed by atoms with E-state index in [0.717, 1.165) is 25.8 Å². The molecule has 1 rings (SSSR count). The van der Waals surface area contributed by atoms with Gasteiger partial charge in [0.1, 0.15) is 0 Å². The number of hydrogen-bond donors (Lipinski definition) is 1. The van der Waals surface area contributed by atoms with Gasteiger partial charge in [0.2, 0.25) is 5.91 Å². The maximum atomic E-state index is 12.2. The molecule has 1 aliphatic rings. The molecule has 0 atom stereocenters. The van der Waals surface area contributed by atoms with Crippen LogP contribution in [0.2, 0.25) is 0 Å². The summed E-state index contributed by atoms with van der Waals surface area (Å²) >= 11 is 0. The molecule has 0 radical (unpaired) electrons. The minimum Gasteiger partial charge on any atom is -0.340 e. The summed E-state index contributed by atoms with van der Waals surface area (Å²) in [6, 6.07) is 0.545. The molecule has 0 unspecified atom stereocenters. The van der Waals surface area contributed by atoms with Crippen molar-refractivity contribution in [2.24, 2.45) is 5.73 Å². The third-order valence-corrected chi connectivity index (χ3v) is 3.91. The van der Waals surface area contributed by atoms with E-state index >= 15 is 0 Å². The van der Waals surface area contributed by atoms with Crippen LogP contribution in [-0.4, -0.2) is 29.9 Å². The summed E-state index contributed by atoms with van der Waals surface area (Å²) in [5.74, 6) is 0.365. The third kappa shape index (κ3) is 7.56. The molecule has 112 valence electrons. The highest BCUT2D eigenvalue weighted by atomic mass is 16.2. The predicted octanol–water partition coefficient (Wildman–Crippen LogP) is 3.47. The van der Waals surface area contributed by atoms with Crippen LogP contribution in [0, 0.1) is 0 Å². The lowest BCUT2D eigenvalue weighted by atomic mass is 10.1. The average molecular weight is 268 g/mol. The zero-order chi connectivity index (χ0) is 13.9.